The van der Waals surface area contributed by atoms with E-state index >= 15 is 0 Å². The van der Waals surface area contributed by atoms with Crippen LogP contribution in [0.4, 0.5) is 8.78 Å². The molecule has 1 aliphatic heterocycles. The number of rotatable bonds is 5. The van der Waals surface area contributed by atoms with E-state index in [0.29, 0.717) is 23.7 Å². The van der Waals surface area contributed by atoms with Gasteiger partial charge in [-0.05, 0) is 53.4 Å². The standard InChI is InChI=1S/C23H22ClF2N3O2/c1-14-7-18(5-6-20(14)30-22(25)26)23(13-29-12-21(27)31-23)17-4-2-3-15(8-17)16-9-19(24)11-28-10-16/h2-11,21-22,29H,12-13,27H2,1H3. The van der Waals surface area contributed by atoms with Crippen LogP contribution < -0.4 is 15.8 Å². The Balaban J connectivity index is 1.81. The molecule has 0 saturated carbocycles. The van der Waals surface area contributed by atoms with E-state index < -0.39 is 18.4 Å². The molecule has 1 aromatic heterocycles. The Hall–Kier alpha value is -2.58. The third kappa shape index (κ3) is 4.55. The van der Waals surface area contributed by atoms with Crippen LogP contribution in [0.1, 0.15) is 16.7 Å². The number of benzene rings is 2. The van der Waals surface area contributed by atoms with Gasteiger partial charge in [-0.2, -0.15) is 8.78 Å². The van der Waals surface area contributed by atoms with Crippen molar-refractivity contribution >= 4 is 11.6 Å². The van der Waals surface area contributed by atoms with E-state index in [0.717, 1.165) is 22.3 Å². The first-order valence-electron chi connectivity index (χ1n) is 9.79. The molecule has 1 fully saturated rings. The minimum atomic E-state index is -2.89. The smallest absolute Gasteiger partial charge is 0.387 e. The van der Waals surface area contributed by atoms with Crippen LogP contribution in [-0.2, 0) is 10.3 Å². The Morgan fingerprint density at radius 2 is 1.97 bits per heavy atom. The van der Waals surface area contributed by atoms with Gasteiger partial charge in [0, 0.05) is 31.0 Å². The molecule has 5 nitrogen and oxygen atoms in total. The number of alkyl halides is 2. The zero-order valence-electron chi connectivity index (χ0n) is 16.8. The number of ether oxygens (including phenoxy) is 2. The van der Waals surface area contributed by atoms with Crippen LogP contribution in [0, 0.1) is 6.92 Å². The highest BCUT2D eigenvalue weighted by molar-refractivity contribution is 6.30. The van der Waals surface area contributed by atoms with E-state index in [1.54, 1.807) is 31.5 Å². The van der Waals surface area contributed by atoms with Crippen LogP contribution in [0.2, 0.25) is 5.02 Å². The number of hydrogen-bond acceptors (Lipinski definition) is 5. The van der Waals surface area contributed by atoms with Crippen molar-refractivity contribution in [2.75, 3.05) is 13.1 Å². The molecule has 162 valence electrons. The molecule has 2 aromatic carbocycles. The first-order valence-corrected chi connectivity index (χ1v) is 10.2. The third-order valence-corrected chi connectivity index (χ3v) is 5.50. The second-order valence-electron chi connectivity index (χ2n) is 7.45. The number of hydrogen-bond donors (Lipinski definition) is 2. The summed E-state index contributed by atoms with van der Waals surface area (Å²) < 4.78 is 36.3. The summed E-state index contributed by atoms with van der Waals surface area (Å²) in [6.07, 6.45) is 2.78. The lowest BCUT2D eigenvalue weighted by Crippen LogP contribution is -2.55. The predicted molar refractivity (Wildman–Crippen MR) is 115 cm³/mol. The van der Waals surface area contributed by atoms with Crippen molar-refractivity contribution in [2.45, 2.75) is 25.4 Å². The summed E-state index contributed by atoms with van der Waals surface area (Å²) in [4.78, 5) is 4.16. The zero-order valence-corrected chi connectivity index (χ0v) is 17.6. The summed E-state index contributed by atoms with van der Waals surface area (Å²) >= 11 is 6.11. The molecule has 2 heterocycles. The first kappa shape index (κ1) is 21.6. The van der Waals surface area contributed by atoms with Crippen LogP contribution in [0.15, 0.2) is 60.9 Å². The number of nitrogens with one attached hydrogen (secondary N) is 1. The van der Waals surface area contributed by atoms with Crippen LogP contribution in [0.25, 0.3) is 11.1 Å². The van der Waals surface area contributed by atoms with Crippen LogP contribution in [-0.4, -0.2) is 30.9 Å². The Morgan fingerprint density at radius 3 is 2.68 bits per heavy atom. The van der Waals surface area contributed by atoms with Gasteiger partial charge in [0.2, 0.25) is 0 Å². The molecule has 0 spiro atoms. The van der Waals surface area contributed by atoms with E-state index in [-0.39, 0.29) is 5.75 Å². The van der Waals surface area contributed by atoms with Gasteiger partial charge >= 0.3 is 6.61 Å². The van der Waals surface area contributed by atoms with Gasteiger partial charge < -0.3 is 20.5 Å². The maximum absolute atomic E-state index is 12.7. The number of aromatic nitrogens is 1. The Morgan fingerprint density at radius 1 is 1.16 bits per heavy atom. The minimum absolute atomic E-state index is 0.126. The van der Waals surface area contributed by atoms with Gasteiger partial charge in [0.05, 0.1) is 5.02 Å². The maximum Gasteiger partial charge on any atom is 0.387 e. The largest absolute Gasteiger partial charge is 0.435 e. The summed E-state index contributed by atoms with van der Waals surface area (Å²) in [6.45, 7) is -0.195. The first-order chi connectivity index (χ1) is 14.9. The van der Waals surface area contributed by atoms with Gasteiger partial charge in [0.15, 0.2) is 0 Å². The second kappa shape index (κ2) is 8.88. The van der Waals surface area contributed by atoms with Gasteiger partial charge in [-0.15, -0.1) is 0 Å². The number of nitrogens with two attached hydrogens (primary N) is 1. The highest BCUT2D eigenvalue weighted by Gasteiger charge is 2.40. The number of nitrogens with zero attached hydrogens (tertiary/aromatic N) is 1. The molecule has 2 atom stereocenters. The maximum atomic E-state index is 12.7. The van der Waals surface area contributed by atoms with Crippen molar-refractivity contribution in [1.29, 1.82) is 0 Å². The molecule has 0 aliphatic carbocycles. The molecule has 2 unspecified atom stereocenters. The van der Waals surface area contributed by atoms with Gasteiger partial charge in [-0.3, -0.25) is 4.98 Å². The van der Waals surface area contributed by atoms with Gasteiger partial charge in [-0.25, -0.2) is 0 Å². The number of morpholine rings is 1. The molecule has 0 radical (unpaired) electrons. The molecule has 3 N–H and O–H groups in total. The zero-order chi connectivity index (χ0) is 22.0. The lowest BCUT2D eigenvalue weighted by Gasteiger charge is -2.41. The number of pyridine rings is 1. The van der Waals surface area contributed by atoms with Gasteiger partial charge in [0.1, 0.15) is 17.6 Å². The second-order valence-corrected chi connectivity index (χ2v) is 7.88. The van der Waals surface area contributed by atoms with Gasteiger partial charge in [0.25, 0.3) is 0 Å². The van der Waals surface area contributed by atoms with Crippen LogP contribution in [0.3, 0.4) is 0 Å². The highest BCUT2D eigenvalue weighted by atomic mass is 35.5. The highest BCUT2D eigenvalue weighted by Crippen LogP contribution is 2.39. The SMILES string of the molecule is Cc1cc(C2(c3cccc(-c4cncc(Cl)c4)c3)CNCC(N)O2)ccc1OC(F)F. The normalized spacial score (nSPS) is 21.3. The van der Waals surface area contributed by atoms with Gasteiger partial charge in [-0.1, -0.05) is 35.9 Å². The van der Waals surface area contributed by atoms with Crippen molar-refractivity contribution in [2.24, 2.45) is 5.73 Å². The van der Waals surface area contributed by atoms with E-state index in [4.69, 9.17) is 22.1 Å². The van der Waals surface area contributed by atoms with Crippen LogP contribution in [0.5, 0.6) is 5.75 Å². The Bertz CT molecular complexity index is 1080. The topological polar surface area (TPSA) is 69.4 Å². The number of aryl methyl sites for hydroxylation is 1. The Labute approximate surface area is 184 Å². The molecular weight excluding hydrogens is 424 g/mol. The number of halogens is 3. The summed E-state index contributed by atoms with van der Waals surface area (Å²) in [6, 6.07) is 14.8. The molecule has 1 saturated heterocycles. The molecular formula is C23H22ClF2N3O2. The van der Waals surface area contributed by atoms with Crippen molar-refractivity contribution in [1.82, 2.24) is 10.3 Å². The predicted octanol–water partition coefficient (Wildman–Crippen LogP) is 4.46. The summed E-state index contributed by atoms with van der Waals surface area (Å²) in [5, 5.41) is 3.86. The fraction of sp³-hybridized carbons (Fsp3) is 0.261. The average Bonchev–Trinajstić information content (AvgIpc) is 2.75. The van der Waals surface area contributed by atoms with E-state index in [1.807, 2.05) is 30.3 Å². The van der Waals surface area contributed by atoms with Crippen molar-refractivity contribution < 1.29 is 18.3 Å². The third-order valence-electron chi connectivity index (χ3n) is 5.30. The summed E-state index contributed by atoms with van der Waals surface area (Å²) in [5.41, 5.74) is 9.27. The fourth-order valence-electron chi connectivity index (χ4n) is 3.89. The van der Waals surface area contributed by atoms with E-state index in [1.165, 1.54) is 6.07 Å². The average molecular weight is 446 g/mol. The van der Waals surface area contributed by atoms with Crippen molar-refractivity contribution in [3.63, 3.8) is 0 Å². The molecule has 0 bridgehead atoms. The fourth-order valence-corrected chi connectivity index (χ4v) is 4.06. The Kier molecular flexibility index (Phi) is 6.20. The molecule has 0 amide bonds. The molecule has 1 aliphatic rings. The van der Waals surface area contributed by atoms with Crippen molar-refractivity contribution in [3.05, 3.63) is 82.6 Å². The van der Waals surface area contributed by atoms with E-state index in [2.05, 4.69) is 15.0 Å². The summed E-state index contributed by atoms with van der Waals surface area (Å²) in [5.74, 6) is 0.126. The monoisotopic (exact) mass is 445 g/mol. The minimum Gasteiger partial charge on any atom is -0.435 e. The quantitative estimate of drug-likeness (QED) is 0.606. The molecule has 8 heteroatoms. The summed E-state index contributed by atoms with van der Waals surface area (Å²) in [7, 11) is 0. The van der Waals surface area contributed by atoms with Crippen LogP contribution >= 0.6 is 11.6 Å². The molecule has 3 aromatic rings. The molecule has 4 rings (SSSR count). The lowest BCUT2D eigenvalue weighted by molar-refractivity contribution is -0.0931. The molecule has 31 heavy (non-hydrogen) atoms. The lowest BCUT2D eigenvalue weighted by atomic mass is 9.83. The van der Waals surface area contributed by atoms with Crippen molar-refractivity contribution in [3.8, 4) is 16.9 Å². The van der Waals surface area contributed by atoms with E-state index in [9.17, 15) is 8.78 Å².